The van der Waals surface area contributed by atoms with Crippen LogP contribution in [0.5, 0.6) is 0 Å². The van der Waals surface area contributed by atoms with Crippen LogP contribution in [0.4, 0.5) is 0 Å². The molecule has 0 unspecified atom stereocenters. The van der Waals surface area contributed by atoms with Gasteiger partial charge in [-0.15, -0.1) is 0 Å². The van der Waals surface area contributed by atoms with Gasteiger partial charge in [0.15, 0.2) is 0 Å². The zero-order chi connectivity index (χ0) is 22.4. The molecule has 0 aromatic carbocycles. The van der Waals surface area contributed by atoms with E-state index < -0.39 is 0 Å². The van der Waals surface area contributed by atoms with Gasteiger partial charge in [0.05, 0.1) is 13.1 Å². The van der Waals surface area contributed by atoms with Crippen LogP contribution in [-0.2, 0) is 19.5 Å². The van der Waals surface area contributed by atoms with Crippen LogP contribution in [0.15, 0.2) is 12.4 Å². The van der Waals surface area contributed by atoms with Crippen molar-refractivity contribution in [2.75, 3.05) is 0 Å². The van der Waals surface area contributed by atoms with Crippen LogP contribution < -0.4 is 4.57 Å². The minimum absolute atomic E-state index is 1.22. The van der Waals surface area contributed by atoms with E-state index in [-0.39, 0.29) is 0 Å². The summed E-state index contributed by atoms with van der Waals surface area (Å²) in [7, 11) is 0. The van der Waals surface area contributed by atoms with Crippen LogP contribution in [0, 0.1) is 0 Å². The molecule has 0 spiro atoms. The van der Waals surface area contributed by atoms with Crippen LogP contribution in [-0.4, -0.2) is 4.57 Å². The topological polar surface area (TPSA) is 8.81 Å². The molecule has 182 valence electrons. The predicted molar refractivity (Wildman–Crippen MR) is 138 cm³/mol. The van der Waals surface area contributed by atoms with Crippen LogP contribution in [0.2, 0.25) is 0 Å². The Balaban J connectivity index is 2.29. The first kappa shape index (κ1) is 28.2. The molecule has 31 heavy (non-hydrogen) atoms. The minimum atomic E-state index is 1.22. The first-order valence-corrected chi connectivity index (χ1v) is 14.4. The van der Waals surface area contributed by atoms with E-state index in [4.69, 9.17) is 0 Å². The zero-order valence-electron chi connectivity index (χ0n) is 21.8. The zero-order valence-corrected chi connectivity index (χ0v) is 21.8. The van der Waals surface area contributed by atoms with Crippen LogP contribution in [0.1, 0.15) is 155 Å². The Morgan fingerprint density at radius 3 is 1.55 bits per heavy atom. The quantitative estimate of drug-likeness (QED) is 0.120. The Hall–Kier alpha value is -0.790. The molecule has 0 saturated carbocycles. The Kier molecular flexibility index (Phi) is 19.2. The molecule has 1 aromatic heterocycles. The molecule has 0 amide bonds. The average Bonchev–Trinajstić information content (AvgIpc) is 3.16. The summed E-state index contributed by atoms with van der Waals surface area (Å²) in [6, 6.07) is 0. The second-order valence-electron chi connectivity index (χ2n) is 9.86. The largest absolute Gasteiger partial charge is 0.256 e. The summed E-state index contributed by atoms with van der Waals surface area (Å²) in [5.41, 5.74) is 0. The van der Waals surface area contributed by atoms with E-state index >= 15 is 0 Å². The Morgan fingerprint density at radius 1 is 0.548 bits per heavy atom. The molecule has 0 fully saturated rings. The molecule has 0 bridgehead atoms. The molecule has 0 aliphatic rings. The number of hydrogen-bond donors (Lipinski definition) is 0. The van der Waals surface area contributed by atoms with Crippen molar-refractivity contribution in [2.24, 2.45) is 0 Å². The molecule has 2 nitrogen and oxygen atoms in total. The van der Waals surface area contributed by atoms with Crippen LogP contribution in [0.3, 0.4) is 0 Å². The Labute approximate surface area is 196 Å². The summed E-state index contributed by atoms with van der Waals surface area (Å²) in [5.74, 6) is 1.59. The summed E-state index contributed by atoms with van der Waals surface area (Å²) < 4.78 is 5.17. The maximum Gasteiger partial charge on any atom is 0.256 e. The van der Waals surface area contributed by atoms with Crippen molar-refractivity contribution in [1.29, 1.82) is 0 Å². The third-order valence-corrected chi connectivity index (χ3v) is 6.85. The highest BCUT2D eigenvalue weighted by molar-refractivity contribution is 4.84. The molecule has 1 rings (SSSR count). The van der Waals surface area contributed by atoms with E-state index in [9.17, 15) is 0 Å². The molecule has 0 radical (unpaired) electrons. The first-order chi connectivity index (χ1) is 15.3. The normalized spacial score (nSPS) is 11.5. The predicted octanol–water partition coefficient (Wildman–Crippen LogP) is 9.18. The Bertz CT molecular complexity index is 491. The highest BCUT2D eigenvalue weighted by Gasteiger charge is 2.16. The van der Waals surface area contributed by atoms with E-state index in [1.807, 2.05) is 0 Å². The van der Waals surface area contributed by atoms with Gasteiger partial charge in [0, 0.05) is 6.42 Å². The van der Waals surface area contributed by atoms with Gasteiger partial charge < -0.3 is 0 Å². The lowest BCUT2D eigenvalue weighted by Crippen LogP contribution is -2.37. The van der Waals surface area contributed by atoms with Gasteiger partial charge >= 0.3 is 0 Å². The van der Waals surface area contributed by atoms with Crippen LogP contribution in [0.25, 0.3) is 0 Å². The lowest BCUT2D eigenvalue weighted by molar-refractivity contribution is -0.704. The lowest BCUT2D eigenvalue weighted by atomic mass is 10.1. The molecule has 2 heteroatoms. The molecule has 0 N–H and O–H groups in total. The maximum absolute atomic E-state index is 2.58. The summed E-state index contributed by atoms with van der Waals surface area (Å²) in [6.07, 6.45) is 34.0. The molecule has 0 aliphatic carbocycles. The second kappa shape index (κ2) is 21.1. The number of nitrogens with zero attached hydrogens (tertiary/aromatic N) is 2. The summed E-state index contributed by atoms with van der Waals surface area (Å²) in [6.45, 7) is 9.37. The molecular formula is C29H57N2+. The van der Waals surface area contributed by atoms with Gasteiger partial charge in [-0.1, -0.05) is 117 Å². The van der Waals surface area contributed by atoms with Crippen molar-refractivity contribution in [3.05, 3.63) is 18.2 Å². The SMILES string of the molecule is CCCCCCCCCCCn1cc[n+](CCCCCCCCCC)c1CCCCC. The molecule has 1 aromatic rings. The number of aromatic nitrogens is 2. The van der Waals surface area contributed by atoms with Gasteiger partial charge in [-0.2, -0.15) is 0 Å². The standard InChI is InChI=1S/C29H57N2/c1-4-7-10-12-14-16-18-20-23-26-31-28-27-30(29(31)24-21-9-6-3)25-22-19-17-15-13-11-8-5-2/h27-28H,4-26H2,1-3H3/q+1. The number of unbranched alkanes of at least 4 members (excludes halogenated alkanes) is 17. The highest BCUT2D eigenvalue weighted by Crippen LogP contribution is 2.12. The fourth-order valence-corrected chi connectivity index (χ4v) is 4.73. The van der Waals surface area contributed by atoms with Crippen molar-refractivity contribution in [3.8, 4) is 0 Å². The van der Waals surface area contributed by atoms with E-state index in [0.717, 1.165) is 0 Å². The van der Waals surface area contributed by atoms with Gasteiger partial charge in [0.25, 0.3) is 5.82 Å². The van der Waals surface area contributed by atoms with Crippen molar-refractivity contribution < 1.29 is 4.57 Å². The fourth-order valence-electron chi connectivity index (χ4n) is 4.73. The van der Waals surface area contributed by atoms with E-state index in [2.05, 4.69) is 42.3 Å². The number of aryl methyl sites for hydroxylation is 2. The number of hydrogen-bond acceptors (Lipinski definition) is 0. The van der Waals surface area contributed by atoms with E-state index in [0.29, 0.717) is 0 Å². The fraction of sp³-hybridized carbons (Fsp3) is 0.897. The third kappa shape index (κ3) is 14.8. The van der Waals surface area contributed by atoms with Crippen molar-refractivity contribution in [1.82, 2.24) is 4.57 Å². The lowest BCUT2D eigenvalue weighted by Gasteiger charge is -2.06. The van der Waals surface area contributed by atoms with Crippen molar-refractivity contribution in [2.45, 2.75) is 169 Å². The number of rotatable bonds is 23. The van der Waals surface area contributed by atoms with Gasteiger partial charge in [-0.05, 0) is 32.1 Å². The molecule has 1 heterocycles. The van der Waals surface area contributed by atoms with E-state index in [1.165, 1.54) is 148 Å². The van der Waals surface area contributed by atoms with Gasteiger partial charge in [0.1, 0.15) is 12.4 Å². The minimum Gasteiger partial charge on any atom is -0.234 e. The number of imidazole rings is 1. The third-order valence-electron chi connectivity index (χ3n) is 6.85. The Morgan fingerprint density at radius 2 is 1.00 bits per heavy atom. The second-order valence-corrected chi connectivity index (χ2v) is 9.86. The molecule has 0 aliphatic heterocycles. The smallest absolute Gasteiger partial charge is 0.234 e. The molecule has 0 saturated heterocycles. The van der Waals surface area contributed by atoms with Crippen molar-refractivity contribution >= 4 is 0 Å². The maximum atomic E-state index is 2.58. The first-order valence-electron chi connectivity index (χ1n) is 14.4. The molecular weight excluding hydrogens is 376 g/mol. The summed E-state index contributed by atoms with van der Waals surface area (Å²) in [4.78, 5) is 0. The van der Waals surface area contributed by atoms with Crippen LogP contribution >= 0.6 is 0 Å². The van der Waals surface area contributed by atoms with E-state index in [1.54, 1.807) is 5.82 Å². The van der Waals surface area contributed by atoms with Gasteiger partial charge in [-0.3, -0.25) is 0 Å². The average molecular weight is 434 g/mol. The van der Waals surface area contributed by atoms with Crippen molar-refractivity contribution in [3.63, 3.8) is 0 Å². The molecule has 0 atom stereocenters. The summed E-state index contributed by atoms with van der Waals surface area (Å²) in [5, 5.41) is 0. The summed E-state index contributed by atoms with van der Waals surface area (Å²) >= 11 is 0. The van der Waals surface area contributed by atoms with Gasteiger partial charge in [0.2, 0.25) is 0 Å². The highest BCUT2D eigenvalue weighted by atomic mass is 15.1. The monoisotopic (exact) mass is 433 g/mol. The van der Waals surface area contributed by atoms with Gasteiger partial charge in [-0.25, -0.2) is 9.13 Å².